The van der Waals surface area contributed by atoms with Crippen LogP contribution in [0.3, 0.4) is 0 Å². The van der Waals surface area contributed by atoms with Crippen molar-refractivity contribution in [3.05, 3.63) is 12.1 Å². The molecule has 0 bridgehead atoms. The number of anilines is 1. The molecule has 0 aliphatic heterocycles. The van der Waals surface area contributed by atoms with E-state index in [1.54, 1.807) is 12.1 Å². The number of hydrogen-bond acceptors (Lipinski definition) is 4. The quantitative estimate of drug-likeness (QED) is 0.483. The predicted molar refractivity (Wildman–Crippen MR) is 38.1 cm³/mol. The minimum atomic E-state index is 0.655. The molecule has 0 aliphatic carbocycles. The van der Waals surface area contributed by atoms with Crippen LogP contribution in [-0.4, -0.2) is 6.40 Å². The predicted octanol–water partition coefficient (Wildman–Crippen LogP) is 1.32. The molecule has 1 aromatic rings. The Morgan fingerprint density at radius 3 is 2.89 bits per heavy atom. The molecule has 3 N–H and O–H groups in total. The van der Waals surface area contributed by atoms with Gasteiger partial charge in [0.15, 0.2) is 11.5 Å². The maximum Gasteiger partial charge on any atom is 0.184 e. The van der Waals surface area contributed by atoms with Crippen LogP contribution in [-0.2, 0) is 0 Å². The first-order valence-corrected chi connectivity index (χ1v) is 3.15. The zero-order valence-corrected chi connectivity index (χ0v) is 5.44. The summed E-state index contributed by atoms with van der Waals surface area (Å²) in [6.07, 6.45) is 0.880. The molecule has 0 saturated heterocycles. The van der Waals surface area contributed by atoms with Crippen molar-refractivity contribution < 1.29 is 4.74 Å². The molecule has 0 aromatic carbocycles. The van der Waals surface area contributed by atoms with Gasteiger partial charge in [0.25, 0.3) is 0 Å². The molecule has 9 heavy (non-hydrogen) atoms. The number of hydrogen-bond donors (Lipinski definition) is 2. The van der Waals surface area contributed by atoms with Gasteiger partial charge in [-0.1, -0.05) is 11.3 Å². The molecular weight excluding hydrogens is 136 g/mol. The summed E-state index contributed by atoms with van der Waals surface area (Å²) in [5, 5.41) is 7.92. The van der Waals surface area contributed by atoms with Crippen molar-refractivity contribution in [2.45, 2.75) is 0 Å². The number of rotatable bonds is 2. The fourth-order valence-corrected chi connectivity index (χ4v) is 1.06. The van der Waals surface area contributed by atoms with Crippen LogP contribution in [0.1, 0.15) is 0 Å². The van der Waals surface area contributed by atoms with Gasteiger partial charge in [-0.05, 0) is 12.1 Å². The number of ether oxygens (including phenoxy) is 1. The third-order valence-electron chi connectivity index (χ3n) is 0.777. The SMILES string of the molecule is N=COc1ccc(N)s1. The molecule has 3 nitrogen and oxygen atoms in total. The van der Waals surface area contributed by atoms with E-state index in [9.17, 15) is 0 Å². The van der Waals surface area contributed by atoms with Crippen molar-refractivity contribution in [3.63, 3.8) is 0 Å². The normalized spacial score (nSPS) is 8.89. The Morgan fingerprint density at radius 2 is 2.44 bits per heavy atom. The van der Waals surface area contributed by atoms with E-state index >= 15 is 0 Å². The van der Waals surface area contributed by atoms with E-state index < -0.39 is 0 Å². The van der Waals surface area contributed by atoms with Crippen LogP contribution in [0.25, 0.3) is 0 Å². The first kappa shape index (κ1) is 6.10. The smallest absolute Gasteiger partial charge is 0.184 e. The average molecular weight is 142 g/mol. The summed E-state index contributed by atoms with van der Waals surface area (Å²) in [6.45, 7) is 0. The van der Waals surface area contributed by atoms with Gasteiger partial charge in [0.2, 0.25) is 0 Å². The van der Waals surface area contributed by atoms with Crippen molar-refractivity contribution in [2.24, 2.45) is 0 Å². The number of thiophene rings is 1. The Kier molecular flexibility index (Phi) is 1.69. The van der Waals surface area contributed by atoms with E-state index in [-0.39, 0.29) is 0 Å². The van der Waals surface area contributed by atoms with Crippen LogP contribution < -0.4 is 10.5 Å². The van der Waals surface area contributed by atoms with E-state index in [4.69, 9.17) is 15.9 Å². The van der Waals surface area contributed by atoms with Crippen molar-refractivity contribution in [1.82, 2.24) is 0 Å². The van der Waals surface area contributed by atoms with Gasteiger partial charge in [-0.25, -0.2) is 0 Å². The maximum absolute atomic E-state index is 6.57. The van der Waals surface area contributed by atoms with Crippen molar-refractivity contribution in [2.75, 3.05) is 5.73 Å². The van der Waals surface area contributed by atoms with Gasteiger partial charge in [0, 0.05) is 0 Å². The van der Waals surface area contributed by atoms with Crippen LogP contribution in [0.2, 0.25) is 0 Å². The highest BCUT2D eigenvalue weighted by atomic mass is 32.1. The molecule has 1 heterocycles. The molecule has 0 amide bonds. The van der Waals surface area contributed by atoms with Crippen LogP contribution >= 0.6 is 11.3 Å². The van der Waals surface area contributed by atoms with Gasteiger partial charge in [0.1, 0.15) is 0 Å². The summed E-state index contributed by atoms with van der Waals surface area (Å²) in [5.41, 5.74) is 5.37. The van der Waals surface area contributed by atoms with Crippen LogP contribution in [0, 0.1) is 5.41 Å². The van der Waals surface area contributed by atoms with Crippen molar-refractivity contribution >= 4 is 22.7 Å². The first-order valence-electron chi connectivity index (χ1n) is 2.34. The second-order valence-electron chi connectivity index (χ2n) is 1.39. The van der Waals surface area contributed by atoms with Gasteiger partial charge in [-0.15, -0.1) is 0 Å². The first-order chi connectivity index (χ1) is 4.33. The van der Waals surface area contributed by atoms with Gasteiger partial charge in [0.05, 0.1) is 5.00 Å². The minimum absolute atomic E-state index is 0.655. The molecule has 0 radical (unpaired) electrons. The third-order valence-corrected chi connectivity index (χ3v) is 1.58. The van der Waals surface area contributed by atoms with Crippen molar-refractivity contribution in [1.29, 1.82) is 5.41 Å². The Balaban J connectivity index is 2.72. The van der Waals surface area contributed by atoms with E-state index in [0.29, 0.717) is 10.1 Å². The van der Waals surface area contributed by atoms with Crippen LogP contribution in [0.15, 0.2) is 12.1 Å². The lowest BCUT2D eigenvalue weighted by molar-refractivity contribution is 0.586. The second-order valence-corrected chi connectivity index (χ2v) is 2.47. The summed E-state index contributed by atoms with van der Waals surface area (Å²) in [6, 6.07) is 3.47. The highest BCUT2D eigenvalue weighted by Crippen LogP contribution is 2.25. The van der Waals surface area contributed by atoms with Crippen molar-refractivity contribution in [3.8, 4) is 5.06 Å². The van der Waals surface area contributed by atoms with E-state index in [0.717, 1.165) is 6.40 Å². The highest BCUT2D eigenvalue weighted by molar-refractivity contribution is 7.17. The molecule has 1 aromatic heterocycles. The lowest BCUT2D eigenvalue weighted by Crippen LogP contribution is -1.81. The second kappa shape index (κ2) is 2.50. The Labute approximate surface area is 56.6 Å². The molecule has 0 unspecified atom stereocenters. The largest absolute Gasteiger partial charge is 0.436 e. The highest BCUT2D eigenvalue weighted by Gasteiger charge is 1.93. The van der Waals surface area contributed by atoms with E-state index in [1.807, 2.05) is 0 Å². The number of nitrogens with one attached hydrogen (secondary N) is 1. The van der Waals surface area contributed by atoms with E-state index in [1.165, 1.54) is 11.3 Å². The monoisotopic (exact) mass is 142 g/mol. The zero-order valence-electron chi connectivity index (χ0n) is 4.63. The molecule has 0 saturated carbocycles. The number of nitrogens with two attached hydrogens (primary N) is 1. The maximum atomic E-state index is 6.57. The third kappa shape index (κ3) is 1.43. The molecule has 0 spiro atoms. The Hall–Kier alpha value is -1.03. The van der Waals surface area contributed by atoms with Crippen LogP contribution in [0.5, 0.6) is 5.06 Å². The summed E-state index contributed by atoms with van der Waals surface area (Å²) in [5.74, 6) is 0. The molecule has 1 rings (SSSR count). The lowest BCUT2D eigenvalue weighted by Gasteiger charge is -1.87. The average Bonchev–Trinajstić information content (AvgIpc) is 2.17. The number of nitrogen functional groups attached to an aromatic ring is 1. The molecule has 0 aliphatic rings. The lowest BCUT2D eigenvalue weighted by atomic mass is 10.6. The minimum Gasteiger partial charge on any atom is -0.436 e. The summed E-state index contributed by atoms with van der Waals surface area (Å²) >= 11 is 1.32. The molecule has 48 valence electrons. The van der Waals surface area contributed by atoms with Gasteiger partial charge < -0.3 is 10.5 Å². The Bertz CT molecular complexity index is 208. The fraction of sp³-hybridized carbons (Fsp3) is 0. The molecule has 4 heteroatoms. The Morgan fingerprint density at radius 1 is 1.67 bits per heavy atom. The van der Waals surface area contributed by atoms with Crippen LogP contribution in [0.4, 0.5) is 5.00 Å². The van der Waals surface area contributed by atoms with Gasteiger partial charge in [-0.2, -0.15) is 0 Å². The molecule has 0 atom stereocenters. The summed E-state index contributed by atoms with van der Waals surface area (Å²) < 4.78 is 4.71. The molecule has 0 fully saturated rings. The molecular formula is C5H6N2OS. The van der Waals surface area contributed by atoms with Gasteiger partial charge >= 0.3 is 0 Å². The van der Waals surface area contributed by atoms with Gasteiger partial charge in [-0.3, -0.25) is 5.41 Å². The summed E-state index contributed by atoms with van der Waals surface area (Å²) in [4.78, 5) is 0. The topological polar surface area (TPSA) is 59.1 Å². The summed E-state index contributed by atoms with van der Waals surface area (Å²) in [7, 11) is 0. The standard InChI is InChI=1S/C5H6N2OS/c6-3-8-5-2-1-4(7)9-5/h1-3,6H,7H2. The van der Waals surface area contributed by atoms with E-state index in [2.05, 4.69) is 0 Å². The fourth-order valence-electron chi connectivity index (χ4n) is 0.456. The zero-order chi connectivity index (χ0) is 6.69.